The Morgan fingerprint density at radius 3 is 0.798 bits per heavy atom. The number of hydrogen-bond donors (Lipinski definition) is 3. The van der Waals surface area contributed by atoms with E-state index in [1.807, 2.05) is 0 Å². The van der Waals surface area contributed by atoms with E-state index < -0.39 is 12.1 Å². The van der Waals surface area contributed by atoms with Gasteiger partial charge in [-0.2, -0.15) is 0 Å². The van der Waals surface area contributed by atoms with Crippen molar-refractivity contribution in [2.75, 3.05) is 13.2 Å². The molecule has 0 fully saturated rings. The summed E-state index contributed by atoms with van der Waals surface area (Å²) in [7, 11) is 0. The summed E-state index contributed by atoms with van der Waals surface area (Å²) >= 11 is 0. The van der Waals surface area contributed by atoms with Crippen molar-refractivity contribution < 1.29 is 24.5 Å². The van der Waals surface area contributed by atoms with Crippen molar-refractivity contribution >= 4 is 11.9 Å². The van der Waals surface area contributed by atoms with E-state index in [0.29, 0.717) is 25.9 Å². The standard InChI is InChI=1S/C83H161NO5/c1-3-5-7-9-11-13-15-17-19-44-49-53-57-61-65-69-73-77-83(88)89-78-74-70-66-62-58-54-50-46-43-41-39-37-35-33-31-29-27-25-23-21-22-24-26-28-30-32-34-36-38-40-42-45-48-52-56-60-64-68-72-76-82(87)84-80(79-85)81(86)75-71-67-63-59-55-51-47-20-18-16-14-12-10-8-6-4-2/h17,19,21-22,80-81,85-86H,3-16,18,20,23-79H2,1-2H3,(H,84,87)/b19-17-,22-21-. The van der Waals surface area contributed by atoms with Crippen LogP contribution in [0.25, 0.3) is 0 Å². The van der Waals surface area contributed by atoms with Gasteiger partial charge in [-0.05, 0) is 77.0 Å². The topological polar surface area (TPSA) is 95.9 Å². The van der Waals surface area contributed by atoms with Crippen LogP contribution >= 0.6 is 0 Å². The summed E-state index contributed by atoms with van der Waals surface area (Å²) in [6.45, 7) is 5.00. The summed E-state index contributed by atoms with van der Waals surface area (Å²) in [5.41, 5.74) is 0. The Hall–Kier alpha value is -1.66. The van der Waals surface area contributed by atoms with Gasteiger partial charge in [-0.25, -0.2) is 0 Å². The van der Waals surface area contributed by atoms with Crippen molar-refractivity contribution in [3.05, 3.63) is 24.3 Å². The van der Waals surface area contributed by atoms with Crippen molar-refractivity contribution in [2.24, 2.45) is 0 Å². The molecule has 0 heterocycles. The molecular formula is C83H161NO5. The normalized spacial score (nSPS) is 12.5. The molecule has 0 saturated heterocycles. The van der Waals surface area contributed by atoms with E-state index in [1.54, 1.807) is 0 Å². The maximum absolute atomic E-state index is 12.5. The number of esters is 1. The number of nitrogens with one attached hydrogen (secondary N) is 1. The van der Waals surface area contributed by atoms with E-state index in [4.69, 9.17) is 4.74 Å². The first-order valence-electron chi connectivity index (χ1n) is 41.1. The molecule has 0 aliphatic carbocycles. The number of amides is 1. The second kappa shape index (κ2) is 78.8. The lowest BCUT2D eigenvalue weighted by Crippen LogP contribution is -2.45. The van der Waals surface area contributed by atoms with Crippen LogP contribution in [0.3, 0.4) is 0 Å². The molecule has 6 heteroatoms. The van der Waals surface area contributed by atoms with Gasteiger partial charge in [0.1, 0.15) is 0 Å². The zero-order valence-electron chi connectivity index (χ0n) is 60.7. The van der Waals surface area contributed by atoms with Crippen LogP contribution in [-0.2, 0) is 14.3 Å². The van der Waals surface area contributed by atoms with Gasteiger partial charge in [-0.1, -0.05) is 404 Å². The number of allylic oxidation sites excluding steroid dienone is 4. The van der Waals surface area contributed by atoms with Gasteiger partial charge >= 0.3 is 5.97 Å². The molecule has 2 atom stereocenters. The van der Waals surface area contributed by atoms with Crippen molar-refractivity contribution in [2.45, 2.75) is 482 Å². The van der Waals surface area contributed by atoms with Crippen LogP contribution in [0, 0.1) is 0 Å². The highest BCUT2D eigenvalue weighted by Crippen LogP contribution is 2.20. The maximum Gasteiger partial charge on any atom is 0.305 e. The largest absolute Gasteiger partial charge is 0.466 e. The SMILES string of the molecule is CCCCCCCC/C=C\CCCCCCCCCC(=O)OCCCCCCCCCCCCCCCCCCCC/C=C\CCCCCCCCCCCCCCCCCCCC(=O)NC(CO)C(O)CCCCCCCCCCCCCCCCCC. The monoisotopic (exact) mass is 1250 g/mol. The Labute approximate surface area is 558 Å². The fourth-order valence-electron chi connectivity index (χ4n) is 13.2. The molecule has 0 saturated carbocycles. The number of rotatable bonds is 78. The average molecular weight is 1250 g/mol. The molecule has 2 unspecified atom stereocenters. The minimum absolute atomic E-state index is 0.0201. The second-order valence-corrected chi connectivity index (χ2v) is 28.5. The molecule has 0 aliphatic heterocycles. The molecule has 0 rings (SSSR count). The number of carbonyl (C=O) groups is 2. The van der Waals surface area contributed by atoms with Crippen molar-refractivity contribution in [1.29, 1.82) is 0 Å². The fourth-order valence-corrected chi connectivity index (χ4v) is 13.2. The van der Waals surface area contributed by atoms with Crippen LogP contribution in [0.5, 0.6) is 0 Å². The highest BCUT2D eigenvalue weighted by atomic mass is 16.5. The predicted octanol–water partition coefficient (Wildman–Crippen LogP) is 27.2. The van der Waals surface area contributed by atoms with Crippen molar-refractivity contribution in [3.8, 4) is 0 Å². The van der Waals surface area contributed by atoms with Crippen LogP contribution in [0.4, 0.5) is 0 Å². The summed E-state index contributed by atoms with van der Waals surface area (Å²) in [6, 6.07) is -0.538. The quantitative estimate of drug-likeness (QED) is 0.0320. The first-order valence-corrected chi connectivity index (χ1v) is 41.1. The smallest absolute Gasteiger partial charge is 0.305 e. The lowest BCUT2D eigenvalue weighted by molar-refractivity contribution is -0.143. The summed E-state index contributed by atoms with van der Waals surface area (Å²) in [5, 5.41) is 23.4. The molecule has 3 N–H and O–H groups in total. The van der Waals surface area contributed by atoms with Crippen LogP contribution in [0.15, 0.2) is 24.3 Å². The van der Waals surface area contributed by atoms with E-state index in [1.165, 1.54) is 398 Å². The zero-order chi connectivity index (χ0) is 64.2. The molecule has 0 spiro atoms. The van der Waals surface area contributed by atoms with Crippen LogP contribution in [-0.4, -0.2) is 47.4 Å². The lowest BCUT2D eigenvalue weighted by atomic mass is 10.0. The van der Waals surface area contributed by atoms with Crippen molar-refractivity contribution in [1.82, 2.24) is 5.32 Å². The van der Waals surface area contributed by atoms with E-state index >= 15 is 0 Å². The molecule has 0 aliphatic rings. The Bertz CT molecular complexity index is 1400. The summed E-state index contributed by atoms with van der Waals surface area (Å²) in [5.74, 6) is -0.00639. The number of hydrogen-bond acceptors (Lipinski definition) is 5. The number of aliphatic hydroxyl groups excluding tert-OH is 2. The Morgan fingerprint density at radius 2 is 0.528 bits per heavy atom. The second-order valence-electron chi connectivity index (χ2n) is 28.5. The molecule has 0 bridgehead atoms. The molecule has 6 nitrogen and oxygen atoms in total. The van der Waals surface area contributed by atoms with E-state index in [0.717, 1.165) is 38.5 Å². The molecule has 1 amide bonds. The van der Waals surface area contributed by atoms with Gasteiger partial charge in [0.05, 0.1) is 25.4 Å². The lowest BCUT2D eigenvalue weighted by Gasteiger charge is -2.22. The molecular weight excluding hydrogens is 1090 g/mol. The maximum atomic E-state index is 12.5. The fraction of sp³-hybridized carbons (Fsp3) is 0.928. The molecule has 0 radical (unpaired) electrons. The Balaban J connectivity index is 3.31. The van der Waals surface area contributed by atoms with Gasteiger partial charge in [0.15, 0.2) is 0 Å². The van der Waals surface area contributed by atoms with E-state index in [-0.39, 0.29) is 18.5 Å². The molecule has 0 aromatic rings. The van der Waals surface area contributed by atoms with Gasteiger partial charge < -0.3 is 20.3 Å². The van der Waals surface area contributed by atoms with Gasteiger partial charge in [0, 0.05) is 12.8 Å². The third kappa shape index (κ3) is 75.3. The average Bonchev–Trinajstić information content (AvgIpc) is 3.62. The Morgan fingerprint density at radius 1 is 0.303 bits per heavy atom. The van der Waals surface area contributed by atoms with E-state index in [2.05, 4.69) is 43.5 Å². The third-order valence-corrected chi connectivity index (χ3v) is 19.5. The predicted molar refractivity (Wildman–Crippen MR) is 393 cm³/mol. The molecule has 0 aromatic carbocycles. The number of ether oxygens (including phenoxy) is 1. The summed E-state index contributed by atoms with van der Waals surface area (Å²) in [4.78, 5) is 24.6. The van der Waals surface area contributed by atoms with Crippen LogP contribution < -0.4 is 5.32 Å². The third-order valence-electron chi connectivity index (χ3n) is 19.5. The molecule has 528 valence electrons. The van der Waals surface area contributed by atoms with Gasteiger partial charge in [0.25, 0.3) is 0 Å². The van der Waals surface area contributed by atoms with Gasteiger partial charge in [0.2, 0.25) is 5.91 Å². The number of unbranched alkanes of at least 4 members (excludes halogenated alkanes) is 63. The number of carbonyl (C=O) groups excluding carboxylic acids is 2. The summed E-state index contributed by atoms with van der Waals surface area (Å²) < 4.78 is 5.51. The highest BCUT2D eigenvalue weighted by Gasteiger charge is 2.20. The first-order chi connectivity index (χ1) is 44.0. The van der Waals surface area contributed by atoms with Gasteiger partial charge in [-0.15, -0.1) is 0 Å². The molecule has 89 heavy (non-hydrogen) atoms. The summed E-state index contributed by atoms with van der Waals surface area (Å²) in [6.07, 6.45) is 102. The van der Waals surface area contributed by atoms with Crippen LogP contribution in [0.2, 0.25) is 0 Å². The number of aliphatic hydroxyl groups is 2. The highest BCUT2D eigenvalue weighted by molar-refractivity contribution is 5.76. The zero-order valence-corrected chi connectivity index (χ0v) is 60.7. The van der Waals surface area contributed by atoms with Crippen LogP contribution in [0.1, 0.15) is 470 Å². The van der Waals surface area contributed by atoms with Gasteiger partial charge in [-0.3, -0.25) is 9.59 Å². The minimum atomic E-state index is -0.661. The minimum Gasteiger partial charge on any atom is -0.466 e. The Kier molecular flexibility index (Phi) is 77.3. The van der Waals surface area contributed by atoms with E-state index in [9.17, 15) is 19.8 Å². The van der Waals surface area contributed by atoms with Crippen molar-refractivity contribution in [3.63, 3.8) is 0 Å². The molecule has 0 aromatic heterocycles. The first kappa shape index (κ1) is 87.3.